The van der Waals surface area contributed by atoms with E-state index in [9.17, 15) is 22.8 Å². The van der Waals surface area contributed by atoms with Crippen LogP contribution < -0.4 is 5.32 Å². The summed E-state index contributed by atoms with van der Waals surface area (Å²) < 4.78 is 37.6. The van der Waals surface area contributed by atoms with Crippen LogP contribution in [-0.2, 0) is 9.59 Å². The van der Waals surface area contributed by atoms with Crippen molar-refractivity contribution in [3.63, 3.8) is 0 Å². The number of carbonyl (C=O) groups is 2. The number of amides is 2. The number of carbonyl (C=O) groups excluding carboxylic acids is 2. The van der Waals surface area contributed by atoms with Gasteiger partial charge in [-0.1, -0.05) is 6.07 Å². The molecule has 25 heavy (non-hydrogen) atoms. The summed E-state index contributed by atoms with van der Waals surface area (Å²) in [4.78, 5) is 31.1. The Labute approximate surface area is 143 Å². The molecule has 2 aliphatic rings. The average Bonchev–Trinajstić information content (AvgIpc) is 2.94. The molecule has 0 radical (unpaired) electrons. The topological polar surface area (TPSA) is 65.5 Å². The van der Waals surface area contributed by atoms with Crippen molar-refractivity contribution in [2.45, 2.75) is 18.6 Å². The second-order valence-corrected chi connectivity index (χ2v) is 6.33. The summed E-state index contributed by atoms with van der Waals surface area (Å²) in [6.07, 6.45) is -1.32. The molecule has 2 atom stereocenters. The van der Waals surface area contributed by atoms with E-state index in [0.717, 1.165) is 10.5 Å². The Morgan fingerprint density at radius 1 is 1.40 bits per heavy atom. The minimum absolute atomic E-state index is 0.168. The van der Waals surface area contributed by atoms with Crippen molar-refractivity contribution >= 4 is 11.8 Å². The third-order valence-electron chi connectivity index (χ3n) is 4.53. The van der Waals surface area contributed by atoms with Gasteiger partial charge in [-0.2, -0.15) is 13.2 Å². The molecule has 0 aliphatic carbocycles. The molecule has 3 rings (SSSR count). The number of nitrogens with zero attached hydrogens (tertiary/aromatic N) is 3. The lowest BCUT2D eigenvalue weighted by molar-refractivity contribution is -0.157. The van der Waals surface area contributed by atoms with Gasteiger partial charge in [-0.25, -0.2) is 0 Å². The molecule has 9 heteroatoms. The van der Waals surface area contributed by atoms with Crippen molar-refractivity contribution in [3.05, 3.63) is 30.1 Å². The Balaban J connectivity index is 1.72. The highest BCUT2D eigenvalue weighted by atomic mass is 19.4. The fourth-order valence-electron chi connectivity index (χ4n) is 3.38. The molecule has 6 nitrogen and oxygen atoms in total. The molecule has 2 aliphatic heterocycles. The van der Waals surface area contributed by atoms with Gasteiger partial charge in [0, 0.05) is 45.0 Å². The summed E-state index contributed by atoms with van der Waals surface area (Å²) in [5.74, 6) is -1.62. The number of rotatable bonds is 3. The Morgan fingerprint density at radius 3 is 2.88 bits per heavy atom. The highest BCUT2D eigenvalue weighted by Gasteiger charge is 2.43. The number of aromatic nitrogens is 1. The average molecular weight is 356 g/mol. The van der Waals surface area contributed by atoms with Crippen molar-refractivity contribution in [3.8, 4) is 0 Å². The monoisotopic (exact) mass is 356 g/mol. The van der Waals surface area contributed by atoms with Crippen molar-refractivity contribution < 1.29 is 22.8 Å². The van der Waals surface area contributed by atoms with Gasteiger partial charge in [-0.05, 0) is 11.6 Å². The minimum atomic E-state index is -4.46. The van der Waals surface area contributed by atoms with E-state index in [1.165, 1.54) is 0 Å². The first-order chi connectivity index (χ1) is 11.8. The molecular weight excluding hydrogens is 337 g/mol. The molecule has 2 unspecified atom stereocenters. The van der Waals surface area contributed by atoms with Crippen molar-refractivity contribution in [1.82, 2.24) is 20.1 Å². The molecule has 2 amide bonds. The summed E-state index contributed by atoms with van der Waals surface area (Å²) in [5, 5.41) is 3.21. The fourth-order valence-corrected chi connectivity index (χ4v) is 3.38. The summed E-state index contributed by atoms with van der Waals surface area (Å²) in [6.45, 7) is 0.117. The smallest absolute Gasteiger partial charge is 0.333 e. The third kappa shape index (κ3) is 4.09. The summed E-state index contributed by atoms with van der Waals surface area (Å²) >= 11 is 0. The molecule has 0 bridgehead atoms. The third-order valence-corrected chi connectivity index (χ3v) is 4.53. The van der Waals surface area contributed by atoms with Gasteiger partial charge >= 0.3 is 6.18 Å². The number of hydrogen-bond donors (Lipinski definition) is 1. The van der Waals surface area contributed by atoms with Crippen LogP contribution in [0.1, 0.15) is 18.0 Å². The van der Waals surface area contributed by atoms with Gasteiger partial charge in [0.15, 0.2) is 0 Å². The molecule has 0 spiro atoms. The van der Waals surface area contributed by atoms with E-state index in [1.807, 2.05) is 6.07 Å². The van der Waals surface area contributed by atoms with Gasteiger partial charge in [-0.15, -0.1) is 0 Å². The van der Waals surface area contributed by atoms with E-state index in [4.69, 9.17) is 0 Å². The van der Waals surface area contributed by atoms with Gasteiger partial charge in [0.2, 0.25) is 11.8 Å². The van der Waals surface area contributed by atoms with E-state index in [0.29, 0.717) is 19.6 Å². The van der Waals surface area contributed by atoms with Gasteiger partial charge < -0.3 is 15.1 Å². The number of nitrogens with one attached hydrogen (secondary N) is 1. The van der Waals surface area contributed by atoms with Crippen LogP contribution in [0.15, 0.2) is 24.5 Å². The molecule has 1 N–H and O–H groups in total. The van der Waals surface area contributed by atoms with Crippen LogP contribution in [0, 0.1) is 5.92 Å². The van der Waals surface area contributed by atoms with Gasteiger partial charge in [0.05, 0.1) is 12.0 Å². The Bertz CT molecular complexity index is 638. The van der Waals surface area contributed by atoms with E-state index in [-0.39, 0.29) is 24.9 Å². The molecular formula is C16H19F3N4O2. The SMILES string of the molecule is O=C1CC(C(=O)N2CCNCC2c2cccnc2)CN1CC(F)(F)F. The lowest BCUT2D eigenvalue weighted by Crippen LogP contribution is -2.50. The lowest BCUT2D eigenvalue weighted by Gasteiger charge is -2.37. The largest absolute Gasteiger partial charge is 0.406 e. The van der Waals surface area contributed by atoms with Crippen LogP contribution in [0.4, 0.5) is 13.2 Å². The van der Waals surface area contributed by atoms with Gasteiger partial charge in [0.1, 0.15) is 6.54 Å². The van der Waals surface area contributed by atoms with Gasteiger partial charge in [-0.3, -0.25) is 14.6 Å². The Hall–Kier alpha value is -2.16. The predicted molar refractivity (Wildman–Crippen MR) is 82.3 cm³/mol. The Morgan fingerprint density at radius 2 is 2.20 bits per heavy atom. The molecule has 1 aromatic heterocycles. The number of alkyl halides is 3. The first-order valence-electron chi connectivity index (χ1n) is 8.11. The molecule has 0 aromatic carbocycles. The number of halogens is 3. The molecule has 1 aromatic rings. The van der Waals surface area contributed by atoms with E-state index < -0.39 is 24.5 Å². The maximum Gasteiger partial charge on any atom is 0.406 e. The summed E-state index contributed by atoms with van der Waals surface area (Å²) in [7, 11) is 0. The van der Waals surface area contributed by atoms with Crippen LogP contribution in [-0.4, -0.2) is 65.5 Å². The van der Waals surface area contributed by atoms with Crippen LogP contribution in [0.5, 0.6) is 0 Å². The first-order valence-corrected chi connectivity index (χ1v) is 8.11. The number of hydrogen-bond acceptors (Lipinski definition) is 4. The van der Waals surface area contributed by atoms with E-state index in [1.54, 1.807) is 23.4 Å². The lowest BCUT2D eigenvalue weighted by atomic mass is 10.0. The van der Waals surface area contributed by atoms with Crippen LogP contribution in [0.2, 0.25) is 0 Å². The molecule has 136 valence electrons. The van der Waals surface area contributed by atoms with Crippen molar-refractivity contribution in [1.29, 1.82) is 0 Å². The van der Waals surface area contributed by atoms with E-state index in [2.05, 4.69) is 10.3 Å². The molecule has 3 heterocycles. The van der Waals surface area contributed by atoms with Crippen LogP contribution >= 0.6 is 0 Å². The maximum atomic E-state index is 12.9. The Kier molecular flexibility index (Phi) is 4.94. The van der Waals surface area contributed by atoms with Crippen molar-refractivity contribution in [2.75, 3.05) is 32.7 Å². The minimum Gasteiger partial charge on any atom is -0.333 e. The number of pyridine rings is 1. The van der Waals surface area contributed by atoms with Crippen LogP contribution in [0.25, 0.3) is 0 Å². The molecule has 0 saturated carbocycles. The highest BCUT2D eigenvalue weighted by molar-refractivity contribution is 5.89. The quantitative estimate of drug-likeness (QED) is 0.876. The zero-order valence-corrected chi connectivity index (χ0v) is 13.5. The molecule has 2 saturated heterocycles. The fraction of sp³-hybridized carbons (Fsp3) is 0.562. The zero-order chi connectivity index (χ0) is 18.0. The summed E-state index contributed by atoms with van der Waals surface area (Å²) in [5.41, 5.74) is 0.861. The highest BCUT2D eigenvalue weighted by Crippen LogP contribution is 2.29. The second kappa shape index (κ2) is 6.99. The summed E-state index contributed by atoms with van der Waals surface area (Å²) in [6, 6.07) is 3.40. The standard InChI is InChI=1S/C16H19F3N4O2/c17-16(18,19)10-22-9-12(6-14(22)24)15(25)23-5-4-21-8-13(23)11-2-1-3-20-7-11/h1-3,7,12-13,21H,4-6,8-10H2. The number of likely N-dealkylation sites (tertiary alicyclic amines) is 1. The maximum absolute atomic E-state index is 12.9. The van der Waals surface area contributed by atoms with Gasteiger partial charge in [0.25, 0.3) is 0 Å². The normalized spacial score (nSPS) is 24.7. The zero-order valence-electron chi connectivity index (χ0n) is 13.5. The second-order valence-electron chi connectivity index (χ2n) is 6.33. The number of piperazine rings is 1. The molecule has 2 fully saturated rings. The van der Waals surface area contributed by atoms with Crippen molar-refractivity contribution in [2.24, 2.45) is 5.92 Å². The first kappa shape index (κ1) is 17.7. The van der Waals surface area contributed by atoms with E-state index >= 15 is 0 Å². The van der Waals surface area contributed by atoms with Crippen LogP contribution in [0.3, 0.4) is 0 Å². The predicted octanol–water partition coefficient (Wildman–Crippen LogP) is 0.965.